The molecule has 0 heterocycles. The van der Waals surface area contributed by atoms with Crippen LogP contribution in [0.15, 0.2) is 0 Å². The summed E-state index contributed by atoms with van der Waals surface area (Å²) in [6.07, 6.45) is 6.78. The highest BCUT2D eigenvalue weighted by atomic mass is 79.9. The van der Waals surface area contributed by atoms with E-state index in [1.54, 1.807) is 7.11 Å². The Labute approximate surface area is 108 Å². The third kappa shape index (κ3) is 4.01. The van der Waals surface area contributed by atoms with E-state index >= 15 is 0 Å². The van der Waals surface area contributed by atoms with Crippen LogP contribution < -0.4 is 0 Å². The van der Waals surface area contributed by atoms with Gasteiger partial charge in [-0.05, 0) is 18.8 Å². The average molecular weight is 293 g/mol. The summed E-state index contributed by atoms with van der Waals surface area (Å²) in [6, 6.07) is 0. The fraction of sp³-hybridized carbons (Fsp3) is 1.00. The molecule has 0 N–H and O–H groups in total. The predicted octanol–water partition coefficient (Wildman–Crippen LogP) is 3.77. The van der Waals surface area contributed by atoms with Gasteiger partial charge in [0, 0.05) is 18.5 Å². The summed E-state index contributed by atoms with van der Waals surface area (Å²) >= 11 is 3.59. The van der Waals surface area contributed by atoms with Gasteiger partial charge in [0.15, 0.2) is 0 Å². The fourth-order valence-corrected chi connectivity index (χ4v) is 3.07. The van der Waals surface area contributed by atoms with Crippen LogP contribution in [0.3, 0.4) is 0 Å². The molecule has 0 aromatic carbocycles. The molecule has 3 heteroatoms. The summed E-state index contributed by atoms with van der Waals surface area (Å²) in [6.45, 7) is 5.40. The van der Waals surface area contributed by atoms with E-state index in [2.05, 4.69) is 29.8 Å². The molecule has 0 aromatic heterocycles. The Morgan fingerprint density at radius 2 is 2.12 bits per heavy atom. The second-order valence-electron chi connectivity index (χ2n) is 4.74. The van der Waals surface area contributed by atoms with Gasteiger partial charge in [-0.25, -0.2) is 0 Å². The van der Waals surface area contributed by atoms with Crippen LogP contribution in [0.5, 0.6) is 0 Å². The lowest BCUT2D eigenvalue weighted by molar-refractivity contribution is -0.114. The van der Waals surface area contributed by atoms with Crippen LogP contribution in [0.1, 0.15) is 46.0 Å². The van der Waals surface area contributed by atoms with Gasteiger partial charge < -0.3 is 9.47 Å². The highest BCUT2D eigenvalue weighted by Crippen LogP contribution is 2.33. The summed E-state index contributed by atoms with van der Waals surface area (Å²) < 4.78 is 11.3. The van der Waals surface area contributed by atoms with Crippen molar-refractivity contribution in [2.45, 2.75) is 63.0 Å². The van der Waals surface area contributed by atoms with E-state index in [4.69, 9.17) is 9.47 Å². The molecule has 0 radical (unpaired) electrons. The summed E-state index contributed by atoms with van der Waals surface area (Å²) in [4.78, 5) is 0.484. The Bertz CT molecular complexity index is 187. The molecule has 96 valence electrons. The second kappa shape index (κ2) is 7.67. The Morgan fingerprint density at radius 3 is 2.62 bits per heavy atom. The average Bonchev–Trinajstić information content (AvgIpc) is 2.28. The van der Waals surface area contributed by atoms with Gasteiger partial charge in [-0.1, -0.05) is 49.0 Å². The number of hydrogen-bond donors (Lipinski definition) is 0. The first-order valence-corrected chi connectivity index (χ1v) is 7.42. The monoisotopic (exact) mass is 292 g/mol. The minimum absolute atomic E-state index is 0.253. The number of rotatable bonds is 8. The lowest BCUT2D eigenvalue weighted by atomic mass is 9.91. The van der Waals surface area contributed by atoms with E-state index in [-0.39, 0.29) is 6.10 Å². The van der Waals surface area contributed by atoms with Crippen molar-refractivity contribution < 1.29 is 9.47 Å². The molecule has 16 heavy (non-hydrogen) atoms. The summed E-state index contributed by atoms with van der Waals surface area (Å²) in [7, 11) is 1.77. The van der Waals surface area contributed by atoms with Crippen LogP contribution in [-0.2, 0) is 9.47 Å². The van der Waals surface area contributed by atoms with Crippen LogP contribution >= 0.6 is 15.9 Å². The molecule has 4 atom stereocenters. The molecule has 2 nitrogen and oxygen atoms in total. The number of methoxy groups -OCH3 is 1. The van der Waals surface area contributed by atoms with Gasteiger partial charge in [-0.2, -0.15) is 0 Å². The van der Waals surface area contributed by atoms with E-state index < -0.39 is 0 Å². The molecular formula is C13H25BrO2. The Balaban J connectivity index is 2.17. The van der Waals surface area contributed by atoms with Crippen molar-refractivity contribution in [1.29, 1.82) is 0 Å². The van der Waals surface area contributed by atoms with Gasteiger partial charge in [0.1, 0.15) is 0 Å². The molecule has 0 amide bonds. The summed E-state index contributed by atoms with van der Waals surface area (Å²) in [5.74, 6) is 0.729. The SMILES string of the molecule is CCCCC(CC)COC1CC(Br)C1OC. The number of halogens is 1. The van der Waals surface area contributed by atoms with Crippen molar-refractivity contribution in [3.63, 3.8) is 0 Å². The number of alkyl halides is 1. The van der Waals surface area contributed by atoms with Gasteiger partial charge >= 0.3 is 0 Å². The Kier molecular flexibility index (Phi) is 6.94. The quantitative estimate of drug-likeness (QED) is 0.634. The molecule has 1 aliphatic rings. The molecule has 0 aliphatic heterocycles. The van der Waals surface area contributed by atoms with Crippen LogP contribution in [0.4, 0.5) is 0 Å². The van der Waals surface area contributed by atoms with Crippen molar-refractivity contribution in [2.24, 2.45) is 5.92 Å². The molecule has 0 saturated heterocycles. The molecule has 1 rings (SSSR count). The molecular weight excluding hydrogens is 268 g/mol. The van der Waals surface area contributed by atoms with Gasteiger partial charge in [-0.3, -0.25) is 0 Å². The summed E-state index contributed by atoms with van der Waals surface area (Å²) in [5, 5.41) is 0. The lowest BCUT2D eigenvalue weighted by Crippen LogP contribution is -2.50. The zero-order valence-corrected chi connectivity index (χ0v) is 12.3. The Morgan fingerprint density at radius 1 is 1.38 bits per heavy atom. The summed E-state index contributed by atoms with van der Waals surface area (Å²) in [5.41, 5.74) is 0. The highest BCUT2D eigenvalue weighted by Gasteiger charge is 2.40. The van der Waals surface area contributed by atoms with Crippen LogP contribution in [0.25, 0.3) is 0 Å². The molecule has 1 aliphatic carbocycles. The van der Waals surface area contributed by atoms with E-state index in [9.17, 15) is 0 Å². The number of hydrogen-bond acceptors (Lipinski definition) is 2. The Hall–Kier alpha value is 0.400. The molecule has 0 spiro atoms. The van der Waals surface area contributed by atoms with Gasteiger partial charge in [0.05, 0.1) is 12.2 Å². The predicted molar refractivity (Wildman–Crippen MR) is 71.2 cm³/mol. The fourth-order valence-electron chi connectivity index (χ4n) is 2.15. The third-order valence-electron chi connectivity index (χ3n) is 3.54. The molecule has 1 saturated carbocycles. The second-order valence-corrected chi connectivity index (χ2v) is 5.92. The first kappa shape index (κ1) is 14.5. The molecule has 4 unspecified atom stereocenters. The van der Waals surface area contributed by atoms with Gasteiger partial charge in [-0.15, -0.1) is 0 Å². The number of unbranched alkanes of at least 4 members (excludes halogenated alkanes) is 1. The topological polar surface area (TPSA) is 18.5 Å². The van der Waals surface area contributed by atoms with Crippen molar-refractivity contribution in [2.75, 3.05) is 13.7 Å². The maximum absolute atomic E-state index is 5.95. The van der Waals surface area contributed by atoms with E-state index in [1.165, 1.54) is 25.7 Å². The molecule has 0 aromatic rings. The van der Waals surface area contributed by atoms with Crippen LogP contribution in [-0.4, -0.2) is 30.8 Å². The lowest BCUT2D eigenvalue weighted by Gasteiger charge is -2.40. The van der Waals surface area contributed by atoms with Gasteiger partial charge in [0.25, 0.3) is 0 Å². The van der Waals surface area contributed by atoms with Crippen molar-refractivity contribution >= 4 is 15.9 Å². The van der Waals surface area contributed by atoms with Crippen LogP contribution in [0.2, 0.25) is 0 Å². The largest absolute Gasteiger partial charge is 0.378 e. The minimum Gasteiger partial charge on any atom is -0.378 e. The zero-order chi connectivity index (χ0) is 12.0. The smallest absolute Gasteiger partial charge is 0.0958 e. The first-order chi connectivity index (χ1) is 7.72. The van der Waals surface area contributed by atoms with E-state index in [0.717, 1.165) is 18.9 Å². The van der Waals surface area contributed by atoms with Crippen molar-refractivity contribution in [1.82, 2.24) is 0 Å². The van der Waals surface area contributed by atoms with Crippen molar-refractivity contribution in [3.8, 4) is 0 Å². The van der Waals surface area contributed by atoms with Gasteiger partial charge in [0.2, 0.25) is 0 Å². The maximum Gasteiger partial charge on any atom is 0.0958 e. The van der Waals surface area contributed by atoms with E-state index in [1.807, 2.05) is 0 Å². The number of ether oxygens (including phenoxy) is 2. The standard InChI is InChI=1S/C13H25BrO2/c1-4-6-7-10(5-2)9-16-12-8-11(14)13(12)15-3/h10-13H,4-9H2,1-3H3. The normalized spacial score (nSPS) is 31.1. The maximum atomic E-state index is 5.95. The van der Waals surface area contributed by atoms with E-state index in [0.29, 0.717) is 10.9 Å². The first-order valence-electron chi connectivity index (χ1n) is 6.51. The molecule has 1 fully saturated rings. The zero-order valence-electron chi connectivity index (χ0n) is 10.7. The third-order valence-corrected chi connectivity index (χ3v) is 4.44. The molecule has 0 bridgehead atoms. The van der Waals surface area contributed by atoms with Crippen LogP contribution in [0, 0.1) is 5.92 Å². The highest BCUT2D eigenvalue weighted by molar-refractivity contribution is 9.09. The van der Waals surface area contributed by atoms with Crippen molar-refractivity contribution in [3.05, 3.63) is 0 Å². The minimum atomic E-state index is 0.253.